The molecule has 1 aliphatic heterocycles. The first-order valence-corrected chi connectivity index (χ1v) is 4.19. The molecule has 0 radical (unpaired) electrons. The lowest BCUT2D eigenvalue weighted by atomic mass is 10.2. The molecule has 1 heterocycles. The Morgan fingerprint density at radius 2 is 2.42 bits per heavy atom. The molecule has 2 nitrogen and oxygen atoms in total. The lowest BCUT2D eigenvalue weighted by molar-refractivity contribution is 0.230. The van der Waals surface area contributed by atoms with Crippen LogP contribution < -0.4 is 0 Å². The minimum absolute atomic E-state index is 0. The average molecular weight is 281 g/mol. The summed E-state index contributed by atoms with van der Waals surface area (Å²) < 4.78 is 5.39. The van der Waals surface area contributed by atoms with Gasteiger partial charge in [0.15, 0.2) is 0 Å². The number of halogens is 1. The number of aliphatic imine (C=N–C) groups is 1. The number of ether oxygens (including phenoxy) is 1. The normalized spacial score (nSPS) is 21.2. The lowest BCUT2D eigenvalue weighted by Crippen LogP contribution is -2.06. The van der Waals surface area contributed by atoms with E-state index in [0.717, 1.165) is 25.2 Å². The number of nitrogens with zero attached hydrogens (tertiary/aromatic N) is 1. The van der Waals surface area contributed by atoms with Crippen LogP contribution in [-0.2, 0) is 4.74 Å². The van der Waals surface area contributed by atoms with Gasteiger partial charge >= 0.3 is 0 Å². The molecule has 1 aliphatic rings. The van der Waals surface area contributed by atoms with Gasteiger partial charge in [0.1, 0.15) is 5.76 Å². The van der Waals surface area contributed by atoms with E-state index in [1.165, 1.54) is 0 Å². The fraction of sp³-hybridized carbons (Fsp3) is 0.667. The highest BCUT2D eigenvalue weighted by molar-refractivity contribution is 14.0. The van der Waals surface area contributed by atoms with Crippen LogP contribution in [0, 0.1) is 0 Å². The van der Waals surface area contributed by atoms with Gasteiger partial charge in [0.05, 0.1) is 18.9 Å². The predicted molar refractivity (Wildman–Crippen MR) is 62.3 cm³/mol. The molecule has 0 N–H and O–H groups in total. The van der Waals surface area contributed by atoms with Crippen LogP contribution in [0.5, 0.6) is 0 Å². The predicted octanol–water partition coefficient (Wildman–Crippen LogP) is 2.78. The molecule has 0 saturated carbocycles. The van der Waals surface area contributed by atoms with E-state index in [2.05, 4.69) is 24.9 Å². The molecule has 0 bridgehead atoms. The van der Waals surface area contributed by atoms with Gasteiger partial charge < -0.3 is 4.74 Å². The van der Waals surface area contributed by atoms with Crippen molar-refractivity contribution in [2.24, 2.45) is 4.99 Å². The van der Waals surface area contributed by atoms with Crippen LogP contribution in [-0.4, -0.2) is 18.9 Å². The van der Waals surface area contributed by atoms with Crippen molar-refractivity contribution < 1.29 is 4.74 Å². The van der Waals surface area contributed by atoms with Gasteiger partial charge in [-0.15, -0.1) is 24.0 Å². The lowest BCUT2D eigenvalue weighted by Gasteiger charge is -2.11. The van der Waals surface area contributed by atoms with Gasteiger partial charge in [-0.3, -0.25) is 4.99 Å². The number of allylic oxidation sites excluding steroid dienone is 1. The van der Waals surface area contributed by atoms with Gasteiger partial charge in [0.25, 0.3) is 0 Å². The van der Waals surface area contributed by atoms with Gasteiger partial charge in [-0.1, -0.05) is 6.92 Å². The zero-order valence-corrected chi connectivity index (χ0v) is 9.95. The Labute approximate surface area is 91.1 Å². The summed E-state index contributed by atoms with van der Waals surface area (Å²) in [7, 11) is 0. The Kier molecular flexibility index (Phi) is 6.42. The van der Waals surface area contributed by atoms with Crippen molar-refractivity contribution >= 4 is 30.2 Å². The Morgan fingerprint density at radius 3 is 2.92 bits per heavy atom. The quantitative estimate of drug-likeness (QED) is 0.729. The average Bonchev–Trinajstić information content (AvgIpc) is 2.04. The molecular formula is C9H16INO. The second-order valence-electron chi connectivity index (χ2n) is 2.82. The van der Waals surface area contributed by atoms with Crippen LogP contribution in [0.15, 0.2) is 16.8 Å². The van der Waals surface area contributed by atoms with Gasteiger partial charge in [-0.25, -0.2) is 0 Å². The summed E-state index contributed by atoms with van der Waals surface area (Å²) in [5.41, 5.74) is 0. The van der Waals surface area contributed by atoms with E-state index in [9.17, 15) is 0 Å². The number of rotatable bonds is 3. The van der Waals surface area contributed by atoms with Gasteiger partial charge in [-0.2, -0.15) is 0 Å². The molecule has 1 atom stereocenters. The fourth-order valence-corrected chi connectivity index (χ4v) is 0.917. The Morgan fingerprint density at radius 1 is 1.67 bits per heavy atom. The molecule has 0 fully saturated rings. The molecule has 70 valence electrons. The highest BCUT2D eigenvalue weighted by Gasteiger charge is 2.03. The molecule has 0 saturated heterocycles. The minimum Gasteiger partial charge on any atom is -0.492 e. The summed E-state index contributed by atoms with van der Waals surface area (Å²) in [6.45, 7) is 5.00. The third-order valence-corrected chi connectivity index (χ3v) is 1.59. The highest BCUT2D eigenvalue weighted by atomic mass is 127. The molecule has 0 spiro atoms. The molecule has 0 aromatic rings. The molecule has 12 heavy (non-hydrogen) atoms. The first-order valence-electron chi connectivity index (χ1n) is 4.19. The molecule has 0 amide bonds. The first kappa shape index (κ1) is 11.9. The Balaban J connectivity index is 0.00000121. The smallest absolute Gasteiger partial charge is 0.133 e. The third kappa shape index (κ3) is 4.09. The summed E-state index contributed by atoms with van der Waals surface area (Å²) in [6, 6.07) is 0.434. The number of dihydropyridines is 1. The zero-order chi connectivity index (χ0) is 8.10. The summed E-state index contributed by atoms with van der Waals surface area (Å²) in [5.74, 6) is 0.935. The van der Waals surface area contributed by atoms with Crippen LogP contribution >= 0.6 is 24.0 Å². The van der Waals surface area contributed by atoms with E-state index in [4.69, 9.17) is 4.74 Å². The maximum Gasteiger partial charge on any atom is 0.133 e. The minimum atomic E-state index is 0. The SMILES string of the molecule is CCCOC1=CCC(C)N=C1.I. The van der Waals surface area contributed by atoms with Crippen molar-refractivity contribution in [1.29, 1.82) is 0 Å². The Hall–Kier alpha value is -0.0600. The van der Waals surface area contributed by atoms with Crippen molar-refractivity contribution in [3.05, 3.63) is 11.8 Å². The second-order valence-corrected chi connectivity index (χ2v) is 2.82. The molecule has 1 unspecified atom stereocenters. The van der Waals surface area contributed by atoms with Crippen LogP contribution in [0.25, 0.3) is 0 Å². The van der Waals surface area contributed by atoms with Gasteiger partial charge in [0.2, 0.25) is 0 Å². The van der Waals surface area contributed by atoms with E-state index in [1.54, 1.807) is 0 Å². The summed E-state index contributed by atoms with van der Waals surface area (Å²) in [5, 5.41) is 0. The largest absolute Gasteiger partial charge is 0.492 e. The highest BCUT2D eigenvalue weighted by Crippen LogP contribution is 2.08. The number of hydrogen-bond acceptors (Lipinski definition) is 2. The molecular weight excluding hydrogens is 265 g/mol. The van der Waals surface area contributed by atoms with Crippen LogP contribution in [0.1, 0.15) is 26.7 Å². The van der Waals surface area contributed by atoms with Crippen molar-refractivity contribution in [2.75, 3.05) is 6.61 Å². The molecule has 0 aliphatic carbocycles. The van der Waals surface area contributed by atoms with Gasteiger partial charge in [0, 0.05) is 0 Å². The van der Waals surface area contributed by atoms with Crippen LogP contribution in [0.3, 0.4) is 0 Å². The maximum atomic E-state index is 5.39. The third-order valence-electron chi connectivity index (χ3n) is 1.59. The molecule has 0 aromatic carbocycles. The first-order chi connectivity index (χ1) is 5.33. The van der Waals surface area contributed by atoms with Crippen molar-refractivity contribution in [3.8, 4) is 0 Å². The van der Waals surface area contributed by atoms with E-state index in [0.29, 0.717) is 6.04 Å². The van der Waals surface area contributed by atoms with Crippen molar-refractivity contribution in [1.82, 2.24) is 0 Å². The fourth-order valence-electron chi connectivity index (χ4n) is 0.917. The van der Waals surface area contributed by atoms with E-state index < -0.39 is 0 Å². The van der Waals surface area contributed by atoms with Crippen LogP contribution in [0.4, 0.5) is 0 Å². The number of hydrogen-bond donors (Lipinski definition) is 0. The molecule has 3 heteroatoms. The van der Waals surface area contributed by atoms with Crippen molar-refractivity contribution in [3.63, 3.8) is 0 Å². The van der Waals surface area contributed by atoms with E-state index in [-0.39, 0.29) is 24.0 Å². The summed E-state index contributed by atoms with van der Waals surface area (Å²) >= 11 is 0. The summed E-state index contributed by atoms with van der Waals surface area (Å²) in [6.07, 6.45) is 5.99. The van der Waals surface area contributed by atoms with Gasteiger partial charge in [-0.05, 0) is 25.8 Å². The van der Waals surface area contributed by atoms with Crippen LogP contribution in [0.2, 0.25) is 0 Å². The Bertz CT molecular complexity index is 177. The standard InChI is InChI=1S/C9H15NO.HI/c1-3-6-11-9-5-4-8(2)10-7-9;/h5,7-8H,3-4,6H2,1-2H3;1H. The zero-order valence-electron chi connectivity index (χ0n) is 7.62. The second kappa shape index (κ2) is 6.46. The maximum absolute atomic E-state index is 5.39. The van der Waals surface area contributed by atoms with Crippen molar-refractivity contribution in [2.45, 2.75) is 32.7 Å². The molecule has 0 aromatic heterocycles. The summed E-state index contributed by atoms with van der Waals surface area (Å²) in [4.78, 5) is 4.25. The van der Waals surface area contributed by atoms with E-state index >= 15 is 0 Å². The topological polar surface area (TPSA) is 21.6 Å². The van der Waals surface area contributed by atoms with E-state index in [1.807, 2.05) is 6.21 Å². The monoisotopic (exact) mass is 281 g/mol. The molecule has 1 rings (SSSR count).